The second kappa shape index (κ2) is 6.68. The first-order valence-corrected chi connectivity index (χ1v) is 8.12. The molecule has 0 amide bonds. The van der Waals surface area contributed by atoms with Gasteiger partial charge in [-0.25, -0.2) is 0 Å². The highest BCUT2D eigenvalue weighted by Gasteiger charge is 2.32. The van der Waals surface area contributed by atoms with Gasteiger partial charge in [0.2, 0.25) is 0 Å². The molecule has 116 valence electrons. The van der Waals surface area contributed by atoms with Gasteiger partial charge in [-0.2, -0.15) is 0 Å². The lowest BCUT2D eigenvalue weighted by Crippen LogP contribution is -2.33. The van der Waals surface area contributed by atoms with Crippen molar-refractivity contribution in [1.29, 1.82) is 0 Å². The van der Waals surface area contributed by atoms with Crippen LogP contribution >= 0.6 is 23.2 Å². The minimum atomic E-state index is -0.112. The van der Waals surface area contributed by atoms with Gasteiger partial charge in [0.1, 0.15) is 6.61 Å². The summed E-state index contributed by atoms with van der Waals surface area (Å²) in [6, 6.07) is 4.92. The number of hydrogen-bond donors (Lipinski definition) is 0. The monoisotopic (exact) mass is 328 g/mol. The SMILES string of the molecule is CC1CC(OCC(=O)c2cc(Cl)ccc2Cl)CC(C)(C)C1. The summed E-state index contributed by atoms with van der Waals surface area (Å²) in [5, 5.41) is 0.931. The van der Waals surface area contributed by atoms with Gasteiger partial charge in [-0.15, -0.1) is 0 Å². The average molecular weight is 329 g/mol. The van der Waals surface area contributed by atoms with Gasteiger partial charge in [0.15, 0.2) is 5.78 Å². The Kier molecular flexibility index (Phi) is 5.34. The van der Waals surface area contributed by atoms with Crippen molar-refractivity contribution in [2.75, 3.05) is 6.61 Å². The molecule has 1 aliphatic rings. The number of hydrogen-bond acceptors (Lipinski definition) is 2. The first-order valence-electron chi connectivity index (χ1n) is 7.37. The number of ether oxygens (including phenoxy) is 1. The van der Waals surface area contributed by atoms with Gasteiger partial charge in [0.05, 0.1) is 11.1 Å². The third-order valence-electron chi connectivity index (χ3n) is 4.03. The van der Waals surface area contributed by atoms with Crippen LogP contribution in [0.3, 0.4) is 0 Å². The maximum absolute atomic E-state index is 12.2. The van der Waals surface area contributed by atoms with Crippen LogP contribution in [0.5, 0.6) is 0 Å². The fourth-order valence-corrected chi connectivity index (χ4v) is 3.76. The van der Waals surface area contributed by atoms with Crippen molar-refractivity contribution in [1.82, 2.24) is 0 Å². The van der Waals surface area contributed by atoms with Gasteiger partial charge in [0.25, 0.3) is 0 Å². The van der Waals surface area contributed by atoms with E-state index >= 15 is 0 Å². The number of benzene rings is 1. The van der Waals surface area contributed by atoms with Gasteiger partial charge in [-0.1, -0.05) is 44.0 Å². The molecule has 2 atom stereocenters. The summed E-state index contributed by atoms with van der Waals surface area (Å²) in [6.45, 7) is 6.82. The van der Waals surface area contributed by atoms with E-state index in [9.17, 15) is 4.79 Å². The van der Waals surface area contributed by atoms with E-state index in [2.05, 4.69) is 20.8 Å². The summed E-state index contributed by atoms with van der Waals surface area (Å²) in [4.78, 5) is 12.2. The maximum atomic E-state index is 12.2. The zero-order chi connectivity index (χ0) is 15.6. The van der Waals surface area contributed by atoms with E-state index in [1.807, 2.05) is 0 Å². The Labute approximate surface area is 136 Å². The molecule has 1 saturated carbocycles. The molecule has 0 saturated heterocycles. The van der Waals surface area contributed by atoms with Gasteiger partial charge in [-0.05, 0) is 48.8 Å². The second-order valence-electron chi connectivity index (χ2n) is 6.89. The van der Waals surface area contributed by atoms with Crippen molar-refractivity contribution in [3.8, 4) is 0 Å². The molecule has 2 rings (SSSR count). The zero-order valence-corrected chi connectivity index (χ0v) is 14.3. The Balaban J connectivity index is 1.96. The lowest BCUT2D eigenvalue weighted by Gasteiger charge is -2.38. The smallest absolute Gasteiger partial charge is 0.190 e. The van der Waals surface area contributed by atoms with Gasteiger partial charge >= 0.3 is 0 Å². The maximum Gasteiger partial charge on any atom is 0.190 e. The first-order chi connectivity index (χ1) is 9.77. The minimum absolute atomic E-state index is 0.0630. The molecule has 1 aromatic rings. The van der Waals surface area contributed by atoms with E-state index in [0.717, 1.165) is 12.8 Å². The van der Waals surface area contributed by atoms with Gasteiger partial charge in [0, 0.05) is 10.6 Å². The molecule has 0 aromatic heterocycles. The number of carbonyl (C=O) groups excluding carboxylic acids is 1. The molecule has 1 aliphatic carbocycles. The predicted molar refractivity (Wildman–Crippen MR) is 87.3 cm³/mol. The number of halogens is 2. The van der Waals surface area contributed by atoms with Gasteiger partial charge in [-0.3, -0.25) is 4.79 Å². The fourth-order valence-electron chi connectivity index (χ4n) is 3.37. The van der Waals surface area contributed by atoms with Crippen LogP contribution in [-0.4, -0.2) is 18.5 Å². The minimum Gasteiger partial charge on any atom is -0.370 e. The Bertz CT molecular complexity index is 526. The summed E-state index contributed by atoms with van der Waals surface area (Å²) >= 11 is 12.0. The normalized spacial score (nSPS) is 24.8. The molecule has 0 aliphatic heterocycles. The van der Waals surface area contributed by atoms with Crippen LogP contribution < -0.4 is 0 Å². The molecule has 0 bridgehead atoms. The summed E-state index contributed by atoms with van der Waals surface area (Å²) in [5.41, 5.74) is 0.714. The van der Waals surface area contributed by atoms with Crippen LogP contribution in [0.4, 0.5) is 0 Å². The first kappa shape index (κ1) is 16.8. The predicted octanol–water partition coefficient (Wildman–Crippen LogP) is 5.41. The topological polar surface area (TPSA) is 26.3 Å². The molecule has 21 heavy (non-hydrogen) atoms. The molecule has 1 aromatic carbocycles. The number of ketones is 1. The van der Waals surface area contributed by atoms with Crippen LogP contribution in [0.15, 0.2) is 18.2 Å². The van der Waals surface area contributed by atoms with E-state index < -0.39 is 0 Å². The molecular weight excluding hydrogens is 307 g/mol. The van der Waals surface area contributed by atoms with Crippen LogP contribution in [-0.2, 0) is 4.74 Å². The number of carbonyl (C=O) groups is 1. The fraction of sp³-hybridized carbons (Fsp3) is 0.588. The van der Waals surface area contributed by atoms with Crippen LogP contribution in [0.1, 0.15) is 50.4 Å². The summed E-state index contributed by atoms with van der Waals surface area (Å²) in [5.74, 6) is 0.516. The Morgan fingerprint density at radius 2 is 2.05 bits per heavy atom. The second-order valence-corrected chi connectivity index (χ2v) is 7.74. The molecule has 1 fully saturated rings. The average Bonchev–Trinajstić information content (AvgIpc) is 2.36. The summed E-state index contributed by atoms with van der Waals surface area (Å²) < 4.78 is 5.85. The lowest BCUT2D eigenvalue weighted by molar-refractivity contribution is -0.0167. The van der Waals surface area contributed by atoms with E-state index in [4.69, 9.17) is 27.9 Å². The molecule has 4 heteroatoms. The Morgan fingerprint density at radius 3 is 2.71 bits per heavy atom. The highest BCUT2D eigenvalue weighted by atomic mass is 35.5. The molecule has 0 spiro atoms. The van der Waals surface area contributed by atoms with E-state index in [0.29, 0.717) is 21.5 Å². The van der Waals surface area contributed by atoms with E-state index in [1.165, 1.54) is 6.42 Å². The molecule has 2 unspecified atom stereocenters. The third-order valence-corrected chi connectivity index (χ3v) is 4.59. The quantitative estimate of drug-likeness (QED) is 0.691. The van der Waals surface area contributed by atoms with E-state index in [-0.39, 0.29) is 23.9 Å². The highest BCUT2D eigenvalue weighted by Crippen LogP contribution is 2.39. The van der Waals surface area contributed by atoms with Gasteiger partial charge < -0.3 is 4.74 Å². The van der Waals surface area contributed by atoms with Crippen molar-refractivity contribution in [2.45, 2.75) is 46.1 Å². The van der Waals surface area contributed by atoms with Crippen LogP contribution in [0, 0.1) is 11.3 Å². The van der Waals surface area contributed by atoms with E-state index in [1.54, 1.807) is 18.2 Å². The van der Waals surface area contributed by atoms with Crippen molar-refractivity contribution < 1.29 is 9.53 Å². The third kappa shape index (κ3) is 4.70. The lowest BCUT2D eigenvalue weighted by atomic mass is 9.71. The molecule has 0 radical (unpaired) electrons. The van der Waals surface area contributed by atoms with Crippen LogP contribution in [0.25, 0.3) is 0 Å². The summed E-state index contributed by atoms with van der Waals surface area (Å²) in [7, 11) is 0. The number of Topliss-reactive ketones (excluding diaryl/α,β-unsaturated/α-hetero) is 1. The molecular formula is C17H22Cl2O2. The Morgan fingerprint density at radius 1 is 1.33 bits per heavy atom. The van der Waals surface area contributed by atoms with Crippen molar-refractivity contribution in [3.63, 3.8) is 0 Å². The van der Waals surface area contributed by atoms with Crippen molar-refractivity contribution in [3.05, 3.63) is 33.8 Å². The highest BCUT2D eigenvalue weighted by molar-refractivity contribution is 6.35. The van der Waals surface area contributed by atoms with Crippen molar-refractivity contribution >= 4 is 29.0 Å². The number of rotatable bonds is 4. The molecule has 2 nitrogen and oxygen atoms in total. The molecule has 0 heterocycles. The Hall–Kier alpha value is -0.570. The standard InChI is InChI=1S/C17H22Cl2O2/c1-11-6-13(9-17(2,3)8-11)21-10-16(20)14-7-12(18)4-5-15(14)19/h4-5,7,11,13H,6,8-10H2,1-3H3. The zero-order valence-electron chi connectivity index (χ0n) is 12.8. The molecule has 0 N–H and O–H groups in total. The van der Waals surface area contributed by atoms with Crippen molar-refractivity contribution in [2.24, 2.45) is 11.3 Å². The largest absolute Gasteiger partial charge is 0.370 e. The summed E-state index contributed by atoms with van der Waals surface area (Å²) in [6.07, 6.45) is 3.36. The van der Waals surface area contributed by atoms with Crippen LogP contribution in [0.2, 0.25) is 10.0 Å².